The van der Waals surface area contributed by atoms with Gasteiger partial charge < -0.3 is 9.64 Å². The number of amides is 1. The summed E-state index contributed by atoms with van der Waals surface area (Å²) in [6, 6.07) is 11.9. The molecule has 138 valence electrons. The number of benzene rings is 2. The number of carbonyl (C=O) groups is 2. The van der Waals surface area contributed by atoms with Crippen molar-refractivity contribution in [1.29, 1.82) is 0 Å². The summed E-state index contributed by atoms with van der Waals surface area (Å²) >= 11 is 0. The summed E-state index contributed by atoms with van der Waals surface area (Å²) in [4.78, 5) is 25.8. The molecule has 1 amide bonds. The fourth-order valence-electron chi connectivity index (χ4n) is 3.29. The number of likely N-dealkylation sites (tertiary alicyclic amines) is 1. The molecule has 1 aliphatic heterocycles. The Morgan fingerprint density at radius 2 is 1.88 bits per heavy atom. The Morgan fingerprint density at radius 1 is 1.15 bits per heavy atom. The number of esters is 1. The Morgan fingerprint density at radius 3 is 2.62 bits per heavy atom. The van der Waals surface area contributed by atoms with E-state index >= 15 is 0 Å². The molecule has 7 heteroatoms. The fraction of sp³-hybridized carbons (Fsp3) is 0.368. The van der Waals surface area contributed by atoms with Gasteiger partial charge in [-0.3, -0.25) is 4.79 Å². The third-order valence-electron chi connectivity index (χ3n) is 4.71. The Labute approximate surface area is 152 Å². The minimum Gasteiger partial charge on any atom is -0.467 e. The monoisotopic (exact) mass is 375 g/mol. The number of hydrogen-bond acceptors (Lipinski definition) is 5. The van der Waals surface area contributed by atoms with Crippen molar-refractivity contribution in [2.45, 2.75) is 30.2 Å². The van der Waals surface area contributed by atoms with Crippen molar-refractivity contribution in [3.63, 3.8) is 0 Å². The average molecular weight is 375 g/mol. The first kappa shape index (κ1) is 18.4. The van der Waals surface area contributed by atoms with E-state index in [0.29, 0.717) is 19.4 Å². The molecular formula is C19H21NO5S. The summed E-state index contributed by atoms with van der Waals surface area (Å²) in [6.45, 7) is 0.453. The zero-order valence-corrected chi connectivity index (χ0v) is 15.4. The Hall–Kier alpha value is -2.41. The van der Waals surface area contributed by atoms with Crippen LogP contribution < -0.4 is 0 Å². The van der Waals surface area contributed by atoms with Crippen LogP contribution in [0, 0.1) is 0 Å². The van der Waals surface area contributed by atoms with Crippen LogP contribution >= 0.6 is 0 Å². The molecule has 6 nitrogen and oxygen atoms in total. The smallest absolute Gasteiger partial charge is 0.328 e. The maximum Gasteiger partial charge on any atom is 0.328 e. The Balaban J connectivity index is 1.71. The first-order valence-electron chi connectivity index (χ1n) is 8.51. The van der Waals surface area contributed by atoms with E-state index in [9.17, 15) is 18.0 Å². The highest BCUT2D eigenvalue weighted by atomic mass is 32.2. The molecule has 2 aromatic carbocycles. The van der Waals surface area contributed by atoms with Gasteiger partial charge in [0.1, 0.15) is 6.04 Å². The molecule has 1 unspecified atom stereocenters. The number of methoxy groups -OCH3 is 1. The highest BCUT2D eigenvalue weighted by Crippen LogP contribution is 2.22. The van der Waals surface area contributed by atoms with E-state index in [1.165, 1.54) is 12.0 Å². The van der Waals surface area contributed by atoms with Crippen LogP contribution in [0.15, 0.2) is 47.4 Å². The molecule has 1 heterocycles. The van der Waals surface area contributed by atoms with Gasteiger partial charge in [-0.15, -0.1) is 0 Å². The summed E-state index contributed by atoms with van der Waals surface area (Å²) in [7, 11) is -2.30. The zero-order valence-electron chi connectivity index (χ0n) is 14.6. The van der Waals surface area contributed by atoms with Crippen LogP contribution in [-0.2, 0) is 24.2 Å². The second-order valence-corrected chi connectivity index (χ2v) is 8.46. The number of nitrogens with zero attached hydrogens (tertiary/aromatic N) is 1. The number of sulfone groups is 1. The van der Waals surface area contributed by atoms with E-state index in [0.717, 1.165) is 10.8 Å². The molecule has 1 atom stereocenters. The second kappa shape index (κ2) is 7.45. The lowest BCUT2D eigenvalue weighted by molar-refractivity contribution is -0.150. The van der Waals surface area contributed by atoms with Crippen molar-refractivity contribution < 1.29 is 22.7 Å². The van der Waals surface area contributed by atoms with Crippen LogP contribution in [0.1, 0.15) is 19.3 Å². The van der Waals surface area contributed by atoms with Gasteiger partial charge in [0.25, 0.3) is 0 Å². The van der Waals surface area contributed by atoms with E-state index in [1.54, 1.807) is 18.2 Å². The van der Waals surface area contributed by atoms with Gasteiger partial charge >= 0.3 is 5.97 Å². The SMILES string of the molecule is COC(=O)C1CCCN1C(=O)CCS(=O)(=O)c1ccc2ccccc2c1. The third-order valence-corrected chi connectivity index (χ3v) is 6.42. The van der Waals surface area contributed by atoms with Gasteiger partial charge in [0, 0.05) is 13.0 Å². The van der Waals surface area contributed by atoms with Crippen LogP contribution in [-0.4, -0.2) is 50.6 Å². The molecule has 0 N–H and O–H groups in total. The molecule has 0 saturated carbocycles. The molecule has 1 aliphatic rings. The number of ether oxygens (including phenoxy) is 1. The van der Waals surface area contributed by atoms with Crippen molar-refractivity contribution in [3.8, 4) is 0 Å². The van der Waals surface area contributed by atoms with Gasteiger partial charge in [-0.05, 0) is 35.7 Å². The molecule has 0 aliphatic carbocycles. The normalized spacial score (nSPS) is 17.4. The highest BCUT2D eigenvalue weighted by molar-refractivity contribution is 7.91. The van der Waals surface area contributed by atoms with E-state index in [-0.39, 0.29) is 23.0 Å². The molecule has 2 aromatic rings. The van der Waals surface area contributed by atoms with Crippen molar-refractivity contribution >= 4 is 32.5 Å². The Bertz CT molecular complexity index is 938. The number of hydrogen-bond donors (Lipinski definition) is 0. The van der Waals surface area contributed by atoms with Gasteiger partial charge in [-0.25, -0.2) is 13.2 Å². The third kappa shape index (κ3) is 3.72. The quantitative estimate of drug-likeness (QED) is 0.748. The minimum absolute atomic E-state index is 0.150. The lowest BCUT2D eigenvalue weighted by Gasteiger charge is -2.22. The summed E-state index contributed by atoms with van der Waals surface area (Å²) in [5.74, 6) is -1.07. The van der Waals surface area contributed by atoms with Crippen LogP contribution in [0.3, 0.4) is 0 Å². The van der Waals surface area contributed by atoms with Gasteiger partial charge in [-0.1, -0.05) is 30.3 Å². The lowest BCUT2D eigenvalue weighted by Crippen LogP contribution is -2.41. The summed E-state index contributed by atoms with van der Waals surface area (Å²) < 4.78 is 29.9. The largest absolute Gasteiger partial charge is 0.467 e. The van der Waals surface area contributed by atoms with Crippen molar-refractivity contribution in [2.75, 3.05) is 19.4 Å². The second-order valence-electron chi connectivity index (χ2n) is 6.35. The molecule has 3 rings (SSSR count). The molecule has 0 bridgehead atoms. The Kier molecular flexibility index (Phi) is 5.27. The van der Waals surface area contributed by atoms with Crippen LogP contribution in [0.5, 0.6) is 0 Å². The maximum absolute atomic E-state index is 12.6. The first-order chi connectivity index (χ1) is 12.4. The first-order valence-corrected chi connectivity index (χ1v) is 10.2. The van der Waals surface area contributed by atoms with E-state index in [2.05, 4.69) is 0 Å². The molecule has 0 aromatic heterocycles. The molecule has 26 heavy (non-hydrogen) atoms. The van der Waals surface area contributed by atoms with E-state index in [1.807, 2.05) is 24.3 Å². The van der Waals surface area contributed by atoms with E-state index in [4.69, 9.17) is 4.74 Å². The lowest BCUT2D eigenvalue weighted by atomic mass is 10.1. The molecule has 0 radical (unpaired) electrons. The summed E-state index contributed by atoms with van der Waals surface area (Å²) in [5, 5.41) is 1.80. The summed E-state index contributed by atoms with van der Waals surface area (Å²) in [6.07, 6.45) is 1.11. The van der Waals surface area contributed by atoms with Crippen LogP contribution in [0.4, 0.5) is 0 Å². The van der Waals surface area contributed by atoms with Gasteiger partial charge in [0.15, 0.2) is 9.84 Å². The van der Waals surface area contributed by atoms with Crippen LogP contribution in [0.25, 0.3) is 10.8 Å². The predicted octanol–water partition coefficient (Wildman–Crippen LogP) is 2.17. The number of carbonyl (C=O) groups excluding carboxylic acids is 2. The fourth-order valence-corrected chi connectivity index (χ4v) is 4.55. The number of fused-ring (bicyclic) bond motifs is 1. The topological polar surface area (TPSA) is 80.8 Å². The van der Waals surface area contributed by atoms with Crippen molar-refractivity contribution in [1.82, 2.24) is 4.90 Å². The minimum atomic E-state index is -3.58. The maximum atomic E-state index is 12.6. The molecule has 0 spiro atoms. The van der Waals surface area contributed by atoms with Crippen LogP contribution in [0.2, 0.25) is 0 Å². The van der Waals surface area contributed by atoms with Gasteiger partial charge in [0.2, 0.25) is 5.91 Å². The van der Waals surface area contributed by atoms with Crippen molar-refractivity contribution in [3.05, 3.63) is 42.5 Å². The highest BCUT2D eigenvalue weighted by Gasteiger charge is 2.35. The molecule has 1 saturated heterocycles. The zero-order chi connectivity index (χ0) is 18.7. The standard InChI is InChI=1S/C19H21NO5S/c1-25-19(22)17-7-4-11-20(17)18(21)10-12-26(23,24)16-9-8-14-5-2-3-6-15(14)13-16/h2-3,5-6,8-9,13,17H,4,7,10-12H2,1H3. The van der Waals surface area contributed by atoms with Gasteiger partial charge in [-0.2, -0.15) is 0 Å². The molecular weight excluding hydrogens is 354 g/mol. The predicted molar refractivity (Wildman–Crippen MR) is 97.4 cm³/mol. The number of rotatable bonds is 5. The molecule has 1 fully saturated rings. The van der Waals surface area contributed by atoms with Crippen molar-refractivity contribution in [2.24, 2.45) is 0 Å². The summed E-state index contributed by atoms with van der Waals surface area (Å²) in [5.41, 5.74) is 0. The van der Waals surface area contributed by atoms with E-state index < -0.39 is 21.8 Å². The average Bonchev–Trinajstić information content (AvgIpc) is 3.15. The van der Waals surface area contributed by atoms with Gasteiger partial charge in [0.05, 0.1) is 17.8 Å².